The molecule has 0 unspecified atom stereocenters. The average molecular weight is 242 g/mol. The Bertz CT molecular complexity index is 297. The number of aliphatic carboxylic acids is 1. The summed E-state index contributed by atoms with van der Waals surface area (Å²) < 4.78 is 5.05. The molecule has 0 saturated carbocycles. The monoisotopic (exact) mass is 242 g/mol. The van der Waals surface area contributed by atoms with Crippen molar-refractivity contribution >= 4 is 11.9 Å². The lowest BCUT2D eigenvalue weighted by atomic mass is 9.97. The van der Waals surface area contributed by atoms with E-state index in [9.17, 15) is 9.59 Å². The normalized spacial score (nSPS) is 14.0. The number of carboxylic acids is 1. The molecule has 0 heterocycles. The van der Waals surface area contributed by atoms with Gasteiger partial charge in [0.25, 0.3) is 0 Å². The maximum absolute atomic E-state index is 11.4. The van der Waals surface area contributed by atoms with Crippen molar-refractivity contribution in [1.29, 1.82) is 0 Å². The van der Waals surface area contributed by atoms with Gasteiger partial charge in [-0.05, 0) is 33.1 Å². The molecule has 0 spiro atoms. The summed E-state index contributed by atoms with van der Waals surface area (Å²) in [4.78, 5) is 22.3. The Morgan fingerprint density at radius 1 is 1.29 bits per heavy atom. The highest BCUT2D eigenvalue weighted by Crippen LogP contribution is 2.14. The number of carbonyl (C=O) groups is 2. The van der Waals surface area contributed by atoms with E-state index in [1.165, 1.54) is 12.2 Å². The van der Waals surface area contributed by atoms with Gasteiger partial charge in [0, 0.05) is 6.08 Å². The summed E-state index contributed by atoms with van der Waals surface area (Å²) in [5.41, 5.74) is -0.557. The maximum Gasteiger partial charge on any atom is 0.330 e. The van der Waals surface area contributed by atoms with Crippen molar-refractivity contribution in [3.8, 4) is 0 Å². The lowest BCUT2D eigenvalue weighted by Gasteiger charge is -2.18. The first-order valence-electron chi connectivity index (χ1n) is 5.76. The van der Waals surface area contributed by atoms with E-state index in [1.807, 2.05) is 13.8 Å². The molecule has 0 rings (SSSR count). The number of hydrogen-bond donors (Lipinski definition) is 1. The van der Waals surface area contributed by atoms with Gasteiger partial charge in [0.2, 0.25) is 0 Å². The smallest absolute Gasteiger partial charge is 0.330 e. The molecule has 0 radical (unpaired) electrons. The number of hydrogen-bond acceptors (Lipinski definition) is 3. The highest BCUT2D eigenvalue weighted by atomic mass is 16.6. The molecule has 0 bridgehead atoms. The second kappa shape index (κ2) is 6.42. The summed E-state index contributed by atoms with van der Waals surface area (Å²) in [5.74, 6) is -1.80. The van der Waals surface area contributed by atoms with Crippen LogP contribution in [0.25, 0.3) is 0 Å². The molecule has 0 aromatic carbocycles. The van der Waals surface area contributed by atoms with E-state index in [2.05, 4.69) is 0 Å². The minimum atomic E-state index is -0.918. The summed E-state index contributed by atoms with van der Waals surface area (Å²) in [5, 5.41) is 8.96. The SMILES string of the molecule is CC(C)C[C@H](C=CC(=O)OC(C)(C)C)C(=O)O. The van der Waals surface area contributed by atoms with Gasteiger partial charge < -0.3 is 9.84 Å². The summed E-state index contributed by atoms with van der Waals surface area (Å²) in [6.07, 6.45) is 3.11. The van der Waals surface area contributed by atoms with Gasteiger partial charge in [0.15, 0.2) is 0 Å². The Kier molecular flexibility index (Phi) is 5.93. The van der Waals surface area contributed by atoms with Crippen molar-refractivity contribution in [2.75, 3.05) is 0 Å². The molecular weight excluding hydrogens is 220 g/mol. The second-order valence-electron chi connectivity index (χ2n) is 5.47. The van der Waals surface area contributed by atoms with Crippen LogP contribution in [0.15, 0.2) is 12.2 Å². The van der Waals surface area contributed by atoms with E-state index >= 15 is 0 Å². The van der Waals surface area contributed by atoms with E-state index in [4.69, 9.17) is 9.84 Å². The molecule has 0 saturated heterocycles. The first kappa shape index (κ1) is 15.7. The van der Waals surface area contributed by atoms with Gasteiger partial charge in [-0.1, -0.05) is 19.9 Å². The molecule has 0 aliphatic rings. The number of carbonyl (C=O) groups excluding carboxylic acids is 1. The first-order valence-corrected chi connectivity index (χ1v) is 5.76. The fourth-order valence-electron chi connectivity index (χ4n) is 1.30. The molecule has 0 aromatic rings. The van der Waals surface area contributed by atoms with Crippen molar-refractivity contribution in [1.82, 2.24) is 0 Å². The largest absolute Gasteiger partial charge is 0.481 e. The number of rotatable bonds is 5. The molecule has 0 fully saturated rings. The summed E-state index contributed by atoms with van der Waals surface area (Å²) in [6, 6.07) is 0. The Morgan fingerprint density at radius 3 is 2.18 bits per heavy atom. The molecule has 17 heavy (non-hydrogen) atoms. The van der Waals surface area contributed by atoms with Crippen LogP contribution in [0, 0.1) is 11.8 Å². The van der Waals surface area contributed by atoms with Gasteiger partial charge in [-0.2, -0.15) is 0 Å². The van der Waals surface area contributed by atoms with Gasteiger partial charge in [-0.25, -0.2) is 4.79 Å². The van der Waals surface area contributed by atoms with Crippen LogP contribution >= 0.6 is 0 Å². The number of esters is 1. The molecule has 1 N–H and O–H groups in total. The van der Waals surface area contributed by atoms with Crippen LogP contribution in [-0.4, -0.2) is 22.6 Å². The third-order valence-corrected chi connectivity index (χ3v) is 1.91. The second-order valence-corrected chi connectivity index (χ2v) is 5.47. The third-order valence-electron chi connectivity index (χ3n) is 1.91. The van der Waals surface area contributed by atoms with Crippen LogP contribution in [0.5, 0.6) is 0 Å². The van der Waals surface area contributed by atoms with E-state index in [0.717, 1.165) is 0 Å². The Balaban J connectivity index is 4.45. The predicted molar refractivity (Wildman–Crippen MR) is 65.6 cm³/mol. The number of carboxylic acid groups (broad SMARTS) is 1. The summed E-state index contributed by atoms with van der Waals surface area (Å²) in [7, 11) is 0. The van der Waals surface area contributed by atoms with Crippen LogP contribution in [0.1, 0.15) is 41.0 Å². The maximum atomic E-state index is 11.4. The van der Waals surface area contributed by atoms with E-state index < -0.39 is 23.5 Å². The molecule has 4 nitrogen and oxygen atoms in total. The third kappa shape index (κ3) is 8.48. The van der Waals surface area contributed by atoms with Crippen LogP contribution in [0.3, 0.4) is 0 Å². The topological polar surface area (TPSA) is 63.6 Å². The average Bonchev–Trinajstić information content (AvgIpc) is 2.08. The zero-order valence-electron chi connectivity index (χ0n) is 11.2. The zero-order valence-corrected chi connectivity index (χ0v) is 11.2. The Labute approximate surface area is 103 Å². The van der Waals surface area contributed by atoms with Crippen molar-refractivity contribution < 1.29 is 19.4 Å². The summed E-state index contributed by atoms with van der Waals surface area (Å²) >= 11 is 0. The van der Waals surface area contributed by atoms with Gasteiger partial charge in [0.1, 0.15) is 5.60 Å². The highest BCUT2D eigenvalue weighted by molar-refractivity contribution is 5.83. The van der Waals surface area contributed by atoms with Gasteiger partial charge in [-0.15, -0.1) is 0 Å². The Morgan fingerprint density at radius 2 is 1.82 bits per heavy atom. The molecule has 0 amide bonds. The molecule has 98 valence electrons. The van der Waals surface area contributed by atoms with E-state index in [0.29, 0.717) is 6.42 Å². The van der Waals surface area contributed by atoms with Crippen molar-refractivity contribution in [2.45, 2.75) is 46.6 Å². The van der Waals surface area contributed by atoms with Crippen LogP contribution in [0.4, 0.5) is 0 Å². The van der Waals surface area contributed by atoms with Gasteiger partial charge in [-0.3, -0.25) is 4.79 Å². The predicted octanol–water partition coefficient (Wildman–Crippen LogP) is 2.63. The molecule has 0 aromatic heterocycles. The van der Waals surface area contributed by atoms with Crippen molar-refractivity contribution in [3.63, 3.8) is 0 Å². The molecule has 4 heteroatoms. The quantitative estimate of drug-likeness (QED) is 0.594. The van der Waals surface area contributed by atoms with Gasteiger partial charge in [0.05, 0.1) is 5.92 Å². The minimum absolute atomic E-state index is 0.263. The highest BCUT2D eigenvalue weighted by Gasteiger charge is 2.18. The van der Waals surface area contributed by atoms with Crippen LogP contribution in [0.2, 0.25) is 0 Å². The molecule has 0 aliphatic heterocycles. The Hall–Kier alpha value is -1.32. The van der Waals surface area contributed by atoms with E-state index in [1.54, 1.807) is 20.8 Å². The zero-order chi connectivity index (χ0) is 13.6. The van der Waals surface area contributed by atoms with Gasteiger partial charge >= 0.3 is 11.9 Å². The van der Waals surface area contributed by atoms with Crippen LogP contribution < -0.4 is 0 Å². The fourth-order valence-corrected chi connectivity index (χ4v) is 1.30. The molecule has 0 aliphatic carbocycles. The minimum Gasteiger partial charge on any atom is -0.481 e. The van der Waals surface area contributed by atoms with Crippen molar-refractivity contribution in [2.24, 2.45) is 11.8 Å². The van der Waals surface area contributed by atoms with E-state index in [-0.39, 0.29) is 5.92 Å². The summed E-state index contributed by atoms with van der Waals surface area (Å²) in [6.45, 7) is 9.18. The van der Waals surface area contributed by atoms with Crippen LogP contribution in [-0.2, 0) is 14.3 Å². The van der Waals surface area contributed by atoms with Crippen molar-refractivity contribution in [3.05, 3.63) is 12.2 Å². The fraction of sp³-hybridized carbons (Fsp3) is 0.692. The number of ether oxygens (including phenoxy) is 1. The molecular formula is C13H22O4. The molecule has 1 atom stereocenters. The lowest BCUT2D eigenvalue weighted by Crippen LogP contribution is -2.23. The first-order chi connectivity index (χ1) is 7.61. The lowest BCUT2D eigenvalue weighted by molar-refractivity contribution is -0.148. The standard InChI is InChI=1S/C13H22O4/c1-9(2)8-10(12(15)16)6-7-11(14)17-13(3,4)5/h6-7,9-10H,8H2,1-5H3,(H,15,16)/t10-/m0/s1.